The van der Waals surface area contributed by atoms with E-state index >= 15 is 0 Å². The minimum atomic E-state index is -0.569. The standard InChI is InChI=1S/C15H14ClN3O2/c1-11(12-5-3-2-4-6-12)17-18-15(20)19-21-14-9-7-13(16)8-10-14/h2-10H,1H3,(H2,18,19,20). The molecule has 2 aromatic carbocycles. The molecule has 0 bridgehead atoms. The minimum Gasteiger partial charge on any atom is -0.378 e. The third kappa shape index (κ3) is 4.81. The van der Waals surface area contributed by atoms with Gasteiger partial charge in [-0.15, -0.1) is 0 Å². The topological polar surface area (TPSA) is 62.7 Å². The van der Waals surface area contributed by atoms with Crippen LogP contribution in [0.25, 0.3) is 0 Å². The molecular weight excluding hydrogens is 290 g/mol. The van der Waals surface area contributed by atoms with Gasteiger partial charge < -0.3 is 4.84 Å². The third-order valence-corrected chi connectivity index (χ3v) is 2.84. The summed E-state index contributed by atoms with van der Waals surface area (Å²) in [5.74, 6) is 0.471. The lowest BCUT2D eigenvalue weighted by Gasteiger charge is -2.07. The van der Waals surface area contributed by atoms with E-state index in [1.165, 1.54) is 0 Å². The van der Waals surface area contributed by atoms with Crippen LogP contribution in [-0.2, 0) is 0 Å². The van der Waals surface area contributed by atoms with Gasteiger partial charge in [-0.05, 0) is 36.8 Å². The van der Waals surface area contributed by atoms with Gasteiger partial charge in [0.15, 0.2) is 5.75 Å². The first-order valence-electron chi connectivity index (χ1n) is 6.23. The SMILES string of the molecule is CC(=NNC(=O)NOc1ccc(Cl)cc1)c1ccccc1. The average Bonchev–Trinajstić information content (AvgIpc) is 2.53. The van der Waals surface area contributed by atoms with E-state index in [1.54, 1.807) is 31.2 Å². The maximum Gasteiger partial charge on any atom is 0.368 e. The zero-order chi connectivity index (χ0) is 15.1. The number of urea groups is 1. The minimum absolute atomic E-state index is 0.471. The van der Waals surface area contributed by atoms with E-state index in [0.717, 1.165) is 5.56 Å². The van der Waals surface area contributed by atoms with Crippen LogP contribution in [0.15, 0.2) is 59.7 Å². The number of hydrogen-bond donors (Lipinski definition) is 2. The van der Waals surface area contributed by atoms with E-state index in [4.69, 9.17) is 16.4 Å². The van der Waals surface area contributed by atoms with Gasteiger partial charge in [0.2, 0.25) is 0 Å². The first-order valence-corrected chi connectivity index (χ1v) is 6.61. The van der Waals surface area contributed by atoms with Gasteiger partial charge in [-0.25, -0.2) is 10.2 Å². The largest absolute Gasteiger partial charge is 0.378 e. The Morgan fingerprint density at radius 1 is 1.10 bits per heavy atom. The summed E-state index contributed by atoms with van der Waals surface area (Å²) in [6.45, 7) is 1.80. The second kappa shape index (κ2) is 7.31. The van der Waals surface area contributed by atoms with E-state index < -0.39 is 6.03 Å². The van der Waals surface area contributed by atoms with Crippen molar-refractivity contribution in [1.29, 1.82) is 0 Å². The van der Waals surface area contributed by atoms with Gasteiger partial charge in [0, 0.05) is 5.02 Å². The van der Waals surface area contributed by atoms with Crippen molar-refractivity contribution in [2.24, 2.45) is 5.10 Å². The van der Waals surface area contributed by atoms with Crippen LogP contribution in [0.4, 0.5) is 4.79 Å². The number of halogens is 1. The van der Waals surface area contributed by atoms with Crippen molar-refractivity contribution in [3.05, 3.63) is 65.2 Å². The zero-order valence-corrected chi connectivity index (χ0v) is 12.1. The Bertz CT molecular complexity index is 627. The lowest BCUT2D eigenvalue weighted by molar-refractivity contribution is 0.178. The van der Waals surface area contributed by atoms with Crippen molar-refractivity contribution in [2.45, 2.75) is 6.92 Å². The molecule has 0 aliphatic rings. The predicted octanol–water partition coefficient (Wildman–Crippen LogP) is 3.36. The van der Waals surface area contributed by atoms with Crippen molar-refractivity contribution >= 4 is 23.3 Å². The molecule has 0 saturated heterocycles. The van der Waals surface area contributed by atoms with Crippen molar-refractivity contribution < 1.29 is 9.63 Å². The Morgan fingerprint density at radius 2 is 1.76 bits per heavy atom. The molecule has 108 valence electrons. The Hall–Kier alpha value is -2.53. The van der Waals surface area contributed by atoms with Crippen LogP contribution in [0, 0.1) is 0 Å². The van der Waals surface area contributed by atoms with E-state index in [9.17, 15) is 4.79 Å². The second-order valence-electron chi connectivity index (χ2n) is 4.16. The number of hydrazone groups is 1. The highest BCUT2D eigenvalue weighted by Gasteiger charge is 2.01. The van der Waals surface area contributed by atoms with Gasteiger partial charge in [0.1, 0.15) is 0 Å². The van der Waals surface area contributed by atoms with Crippen LogP contribution in [-0.4, -0.2) is 11.7 Å². The monoisotopic (exact) mass is 303 g/mol. The van der Waals surface area contributed by atoms with Gasteiger partial charge in [-0.1, -0.05) is 41.9 Å². The summed E-state index contributed by atoms with van der Waals surface area (Å²) < 4.78 is 0. The molecule has 21 heavy (non-hydrogen) atoms. The molecule has 2 amide bonds. The fourth-order valence-corrected chi connectivity index (χ4v) is 1.64. The second-order valence-corrected chi connectivity index (χ2v) is 4.60. The Kier molecular flexibility index (Phi) is 5.17. The number of hydrogen-bond acceptors (Lipinski definition) is 3. The molecular formula is C15H14ClN3O2. The molecule has 0 atom stereocenters. The quantitative estimate of drug-likeness (QED) is 0.672. The van der Waals surface area contributed by atoms with Crippen molar-refractivity contribution in [2.75, 3.05) is 0 Å². The maximum absolute atomic E-state index is 11.5. The Labute approximate surface area is 127 Å². The van der Waals surface area contributed by atoms with Gasteiger partial charge >= 0.3 is 6.03 Å². The van der Waals surface area contributed by atoms with Crippen molar-refractivity contribution in [3.8, 4) is 5.75 Å². The zero-order valence-electron chi connectivity index (χ0n) is 11.3. The van der Waals surface area contributed by atoms with Crippen molar-refractivity contribution in [3.63, 3.8) is 0 Å². The highest BCUT2D eigenvalue weighted by Crippen LogP contribution is 2.14. The molecule has 2 aromatic rings. The van der Waals surface area contributed by atoms with Crippen LogP contribution in [0.2, 0.25) is 5.02 Å². The van der Waals surface area contributed by atoms with Crippen LogP contribution in [0.3, 0.4) is 0 Å². The maximum atomic E-state index is 11.5. The summed E-state index contributed by atoms with van der Waals surface area (Å²) in [6, 6.07) is 15.6. The highest BCUT2D eigenvalue weighted by molar-refractivity contribution is 6.30. The molecule has 0 aliphatic carbocycles. The van der Waals surface area contributed by atoms with E-state index in [1.807, 2.05) is 30.3 Å². The Morgan fingerprint density at radius 3 is 2.43 bits per heavy atom. The van der Waals surface area contributed by atoms with E-state index in [0.29, 0.717) is 16.5 Å². The number of carbonyl (C=O) groups excluding carboxylic acids is 1. The van der Waals surface area contributed by atoms with Crippen LogP contribution >= 0.6 is 11.6 Å². The number of benzene rings is 2. The normalized spacial score (nSPS) is 10.9. The number of rotatable bonds is 4. The van der Waals surface area contributed by atoms with Gasteiger partial charge in [-0.2, -0.15) is 10.6 Å². The molecule has 0 fully saturated rings. The van der Waals surface area contributed by atoms with Gasteiger partial charge in [-0.3, -0.25) is 0 Å². The number of nitrogens with zero attached hydrogens (tertiary/aromatic N) is 1. The number of carbonyl (C=O) groups is 1. The van der Waals surface area contributed by atoms with Gasteiger partial charge in [0.25, 0.3) is 0 Å². The molecule has 0 unspecified atom stereocenters. The molecule has 0 radical (unpaired) electrons. The van der Waals surface area contributed by atoms with Crippen LogP contribution < -0.4 is 15.7 Å². The highest BCUT2D eigenvalue weighted by atomic mass is 35.5. The third-order valence-electron chi connectivity index (χ3n) is 2.59. The van der Waals surface area contributed by atoms with Crippen LogP contribution in [0.5, 0.6) is 5.75 Å². The molecule has 0 heterocycles. The van der Waals surface area contributed by atoms with E-state index in [-0.39, 0.29) is 0 Å². The average molecular weight is 304 g/mol. The molecule has 2 rings (SSSR count). The first-order chi connectivity index (χ1) is 10.1. The molecule has 2 N–H and O–H groups in total. The lowest BCUT2D eigenvalue weighted by atomic mass is 10.1. The summed E-state index contributed by atoms with van der Waals surface area (Å²) in [6.07, 6.45) is 0. The molecule has 0 saturated carbocycles. The summed E-state index contributed by atoms with van der Waals surface area (Å²) in [5.41, 5.74) is 6.19. The van der Waals surface area contributed by atoms with Crippen molar-refractivity contribution in [1.82, 2.24) is 10.9 Å². The fraction of sp³-hybridized carbons (Fsp3) is 0.0667. The first kappa shape index (κ1) is 14.9. The molecule has 5 nitrogen and oxygen atoms in total. The molecule has 0 aliphatic heterocycles. The summed E-state index contributed by atoms with van der Waals surface area (Å²) in [4.78, 5) is 16.6. The lowest BCUT2D eigenvalue weighted by Crippen LogP contribution is -2.35. The smallest absolute Gasteiger partial charge is 0.368 e. The number of hydroxylamine groups is 1. The summed E-state index contributed by atoms with van der Waals surface area (Å²) >= 11 is 5.74. The summed E-state index contributed by atoms with van der Waals surface area (Å²) in [5, 5.41) is 4.57. The number of nitrogens with one attached hydrogen (secondary N) is 2. The molecule has 6 heteroatoms. The molecule has 0 spiro atoms. The van der Waals surface area contributed by atoms with Crippen LogP contribution in [0.1, 0.15) is 12.5 Å². The Balaban J connectivity index is 1.83. The fourth-order valence-electron chi connectivity index (χ4n) is 1.51. The molecule has 0 aromatic heterocycles. The van der Waals surface area contributed by atoms with Gasteiger partial charge in [0.05, 0.1) is 5.71 Å². The summed E-state index contributed by atoms with van der Waals surface area (Å²) in [7, 11) is 0. The van der Waals surface area contributed by atoms with E-state index in [2.05, 4.69) is 16.0 Å². The number of amides is 2. The predicted molar refractivity (Wildman–Crippen MR) is 82.4 cm³/mol.